The van der Waals surface area contributed by atoms with Crippen molar-refractivity contribution >= 4 is 11.6 Å². The molecule has 0 fully saturated rings. The molecular weight excluding hydrogens is 283 g/mol. The summed E-state index contributed by atoms with van der Waals surface area (Å²) >= 11 is 0. The van der Waals surface area contributed by atoms with Crippen LogP contribution in [0, 0.1) is 0 Å². The normalized spacial score (nSPS) is 11.2. The Kier molecular flexibility index (Phi) is 4.11. The summed E-state index contributed by atoms with van der Waals surface area (Å²) in [5.74, 6) is -1.22. The van der Waals surface area contributed by atoms with E-state index in [4.69, 9.17) is 5.73 Å². The molecule has 0 atom stereocenters. The van der Waals surface area contributed by atoms with Gasteiger partial charge in [-0.3, -0.25) is 15.1 Å². The first-order valence-corrected chi connectivity index (χ1v) is 6.02. The van der Waals surface area contributed by atoms with Crippen LogP contribution >= 0.6 is 0 Å². The lowest BCUT2D eigenvalue weighted by atomic mass is 9.98. The number of anilines is 1. The molecule has 1 aromatic heterocycles. The molecule has 1 amide bonds. The molecule has 2 aromatic rings. The highest BCUT2D eigenvalue weighted by molar-refractivity contribution is 5.97. The van der Waals surface area contributed by atoms with Crippen LogP contribution in [-0.4, -0.2) is 17.2 Å². The quantitative estimate of drug-likeness (QED) is 0.675. The van der Waals surface area contributed by atoms with Crippen LogP contribution in [0.2, 0.25) is 0 Å². The van der Waals surface area contributed by atoms with E-state index in [9.17, 15) is 18.0 Å². The molecule has 4 nitrogen and oxygen atoms in total. The average molecular weight is 295 g/mol. The molecule has 0 aliphatic carbocycles. The first kappa shape index (κ1) is 14.8. The number of halogens is 3. The molecule has 0 saturated heterocycles. The van der Waals surface area contributed by atoms with Gasteiger partial charge in [-0.05, 0) is 35.4 Å². The van der Waals surface area contributed by atoms with Gasteiger partial charge in [0.2, 0.25) is 0 Å². The summed E-state index contributed by atoms with van der Waals surface area (Å²) in [5.41, 5.74) is 7.11. The van der Waals surface area contributed by atoms with Gasteiger partial charge in [0.1, 0.15) is 0 Å². The second kappa shape index (κ2) is 5.82. The number of nitrogens with two attached hydrogens (primary N) is 1. The maximum absolute atomic E-state index is 12.3. The molecular formula is C14H12F3N3O. The highest BCUT2D eigenvalue weighted by Gasteiger charge is 2.31. The van der Waals surface area contributed by atoms with Crippen LogP contribution in [0.15, 0.2) is 42.7 Å². The van der Waals surface area contributed by atoms with Crippen molar-refractivity contribution in [2.45, 2.75) is 12.7 Å². The number of nitrogens with zero attached hydrogens (tertiary/aromatic N) is 1. The number of carbonyl (C=O) groups excluding carboxylic acids is 1. The highest BCUT2D eigenvalue weighted by atomic mass is 19.4. The van der Waals surface area contributed by atoms with Crippen LogP contribution in [0.5, 0.6) is 0 Å². The number of aromatic nitrogens is 1. The van der Waals surface area contributed by atoms with E-state index < -0.39 is 12.2 Å². The van der Waals surface area contributed by atoms with Gasteiger partial charge in [0.25, 0.3) is 5.91 Å². The fourth-order valence-corrected chi connectivity index (χ4v) is 1.92. The van der Waals surface area contributed by atoms with E-state index in [0.717, 1.165) is 10.9 Å². The summed E-state index contributed by atoms with van der Waals surface area (Å²) in [5, 5.41) is 0.982. The topological polar surface area (TPSA) is 68.0 Å². The fourth-order valence-electron chi connectivity index (χ4n) is 1.92. The monoisotopic (exact) mass is 295 g/mol. The third kappa shape index (κ3) is 3.95. The Labute approximate surface area is 118 Å². The number of amides is 1. The largest absolute Gasteiger partial charge is 0.484 e. The lowest BCUT2D eigenvalue weighted by Gasteiger charge is -2.14. The summed E-state index contributed by atoms with van der Waals surface area (Å²) in [4.78, 5) is 15.6. The number of nitrogens with one attached hydrogen (secondary N) is 1. The Hall–Kier alpha value is -2.57. The maximum Gasteiger partial charge on any atom is 0.484 e. The number of carbonyl (C=O) groups is 1. The highest BCUT2D eigenvalue weighted by Crippen LogP contribution is 2.22. The molecule has 7 heteroatoms. The van der Waals surface area contributed by atoms with E-state index in [1.807, 2.05) is 0 Å². The maximum atomic E-state index is 12.3. The summed E-state index contributed by atoms with van der Waals surface area (Å²) in [6.07, 6.45) is -1.42. The third-order valence-electron chi connectivity index (χ3n) is 2.84. The van der Waals surface area contributed by atoms with Gasteiger partial charge in [-0.15, -0.1) is 0 Å². The number of hydrogen-bond donors (Lipinski definition) is 2. The number of nitrogen functional groups attached to an aromatic ring is 1. The number of alkyl halides is 3. The summed E-state index contributed by atoms with van der Waals surface area (Å²) in [6, 6.07) is 7.71. The van der Waals surface area contributed by atoms with Crippen LogP contribution in [0.25, 0.3) is 0 Å². The van der Waals surface area contributed by atoms with Gasteiger partial charge >= 0.3 is 6.30 Å². The first-order chi connectivity index (χ1) is 9.87. The van der Waals surface area contributed by atoms with Gasteiger partial charge in [-0.25, -0.2) is 0 Å². The Balaban J connectivity index is 2.34. The van der Waals surface area contributed by atoms with Crippen LogP contribution in [0.3, 0.4) is 0 Å². The van der Waals surface area contributed by atoms with Crippen LogP contribution in [-0.2, 0) is 6.42 Å². The van der Waals surface area contributed by atoms with Gasteiger partial charge in [0.05, 0.1) is 0 Å². The van der Waals surface area contributed by atoms with Crippen LogP contribution < -0.4 is 11.1 Å². The molecule has 3 N–H and O–H groups in total. The summed E-state index contributed by atoms with van der Waals surface area (Å²) < 4.78 is 36.8. The average Bonchev–Trinajstić information content (AvgIpc) is 2.40. The lowest BCUT2D eigenvalue weighted by molar-refractivity contribution is -0.146. The SMILES string of the molecule is Nc1cccc(C(=O)NC(F)(F)F)c1Cc1ccncc1. The van der Waals surface area contributed by atoms with Gasteiger partial charge in [-0.1, -0.05) is 6.07 Å². The molecule has 1 heterocycles. The fraction of sp³-hybridized carbons (Fsp3) is 0.143. The van der Waals surface area contributed by atoms with Gasteiger partial charge in [0, 0.05) is 30.1 Å². The minimum absolute atomic E-state index is 0.0934. The minimum Gasteiger partial charge on any atom is -0.398 e. The molecule has 2 rings (SSSR count). The molecule has 0 spiro atoms. The second-order valence-electron chi connectivity index (χ2n) is 4.36. The van der Waals surface area contributed by atoms with Crippen LogP contribution in [0.1, 0.15) is 21.5 Å². The van der Waals surface area contributed by atoms with Crippen molar-refractivity contribution in [1.82, 2.24) is 10.3 Å². The Morgan fingerprint density at radius 2 is 1.86 bits per heavy atom. The number of hydrogen-bond acceptors (Lipinski definition) is 3. The first-order valence-electron chi connectivity index (χ1n) is 6.02. The zero-order valence-electron chi connectivity index (χ0n) is 10.8. The molecule has 0 unspecified atom stereocenters. The van der Waals surface area contributed by atoms with Gasteiger partial charge in [0.15, 0.2) is 0 Å². The molecule has 0 bridgehead atoms. The standard InChI is InChI=1S/C14H12F3N3O/c15-14(16,17)20-13(21)10-2-1-3-12(18)11(10)8-9-4-6-19-7-5-9/h1-7H,8,18H2,(H,20,21). The zero-order valence-corrected chi connectivity index (χ0v) is 10.8. The number of rotatable bonds is 3. The Morgan fingerprint density at radius 3 is 2.48 bits per heavy atom. The van der Waals surface area contributed by atoms with E-state index in [1.54, 1.807) is 30.6 Å². The van der Waals surface area contributed by atoms with E-state index in [2.05, 4.69) is 4.98 Å². The molecule has 110 valence electrons. The minimum atomic E-state index is -4.78. The molecule has 1 aromatic carbocycles. The van der Waals surface area contributed by atoms with Crippen molar-refractivity contribution in [3.05, 3.63) is 59.4 Å². The van der Waals surface area contributed by atoms with Crippen molar-refractivity contribution in [3.8, 4) is 0 Å². The molecule has 0 radical (unpaired) electrons. The predicted molar refractivity (Wildman–Crippen MR) is 71.4 cm³/mol. The van der Waals surface area contributed by atoms with E-state index in [0.29, 0.717) is 5.56 Å². The lowest BCUT2D eigenvalue weighted by Crippen LogP contribution is -2.37. The van der Waals surface area contributed by atoms with Crippen molar-refractivity contribution in [2.75, 3.05) is 5.73 Å². The Morgan fingerprint density at radius 1 is 1.19 bits per heavy atom. The third-order valence-corrected chi connectivity index (χ3v) is 2.84. The zero-order chi connectivity index (χ0) is 15.5. The number of pyridine rings is 1. The van der Waals surface area contributed by atoms with Crippen molar-refractivity contribution in [1.29, 1.82) is 0 Å². The molecule has 0 aliphatic heterocycles. The summed E-state index contributed by atoms with van der Waals surface area (Å²) in [7, 11) is 0. The second-order valence-corrected chi connectivity index (χ2v) is 4.36. The van der Waals surface area contributed by atoms with Crippen molar-refractivity contribution in [2.24, 2.45) is 0 Å². The van der Waals surface area contributed by atoms with Gasteiger partial charge < -0.3 is 5.73 Å². The van der Waals surface area contributed by atoms with Gasteiger partial charge in [-0.2, -0.15) is 13.2 Å². The van der Waals surface area contributed by atoms with E-state index in [-0.39, 0.29) is 17.7 Å². The van der Waals surface area contributed by atoms with E-state index in [1.165, 1.54) is 12.1 Å². The van der Waals surface area contributed by atoms with Crippen molar-refractivity contribution in [3.63, 3.8) is 0 Å². The Bertz CT molecular complexity index is 642. The van der Waals surface area contributed by atoms with Crippen LogP contribution in [0.4, 0.5) is 18.9 Å². The van der Waals surface area contributed by atoms with Crippen molar-refractivity contribution < 1.29 is 18.0 Å². The predicted octanol–water partition coefficient (Wildman–Crippen LogP) is 2.50. The summed E-state index contributed by atoms with van der Waals surface area (Å²) in [6.45, 7) is 0. The number of benzene rings is 1. The molecule has 0 saturated carbocycles. The van der Waals surface area contributed by atoms with E-state index >= 15 is 0 Å². The smallest absolute Gasteiger partial charge is 0.398 e. The molecule has 21 heavy (non-hydrogen) atoms. The molecule has 0 aliphatic rings.